The minimum atomic E-state index is -1.25. The van der Waals surface area contributed by atoms with Crippen LogP contribution in [0.25, 0.3) is 0 Å². The van der Waals surface area contributed by atoms with Crippen LogP contribution < -0.4 is 33.2 Å². The van der Waals surface area contributed by atoms with Crippen molar-refractivity contribution in [1.82, 2.24) is 16.0 Å². The molecule has 0 radical (unpaired) electrons. The molecule has 10 N–H and O–H groups in total. The molecule has 0 saturated heterocycles. The quantitative estimate of drug-likeness (QED) is 0.0629. The maximum absolute atomic E-state index is 12.8. The number of aliphatic carboxylic acids is 1. The van der Waals surface area contributed by atoms with Gasteiger partial charge in [-0.05, 0) is 31.7 Å². The van der Waals surface area contributed by atoms with Crippen LogP contribution in [0, 0.1) is 0 Å². The first kappa shape index (κ1) is 28.7. The maximum Gasteiger partial charge on any atom is 0.327 e. The van der Waals surface area contributed by atoms with E-state index >= 15 is 0 Å². The first-order valence-electron chi connectivity index (χ1n) is 10.6. The Labute approximate surface area is 203 Å². The van der Waals surface area contributed by atoms with Crippen molar-refractivity contribution in [3.05, 3.63) is 35.9 Å². The SMILES string of the molecule is CC(NC(=O)C(CCCN=C(N)N)NC(=O)C(N)Cc1ccccc1)C(=O)NC(CS)C(=O)O. The fourth-order valence-electron chi connectivity index (χ4n) is 2.87. The number of nitrogens with zero attached hydrogens (tertiary/aromatic N) is 1. The minimum Gasteiger partial charge on any atom is -0.480 e. The van der Waals surface area contributed by atoms with Gasteiger partial charge in [-0.3, -0.25) is 19.4 Å². The van der Waals surface area contributed by atoms with Crippen molar-refractivity contribution in [1.29, 1.82) is 0 Å². The monoisotopic (exact) mass is 495 g/mol. The Kier molecular flexibility index (Phi) is 12.5. The highest BCUT2D eigenvalue weighted by atomic mass is 32.1. The van der Waals surface area contributed by atoms with E-state index in [1.165, 1.54) is 6.92 Å². The zero-order valence-electron chi connectivity index (χ0n) is 18.9. The number of nitrogens with one attached hydrogen (secondary N) is 3. The number of hydrogen-bond acceptors (Lipinski definition) is 7. The van der Waals surface area contributed by atoms with E-state index in [1.54, 1.807) is 0 Å². The Morgan fingerprint density at radius 2 is 1.62 bits per heavy atom. The zero-order chi connectivity index (χ0) is 25.7. The number of carboxylic acids is 1. The first-order valence-corrected chi connectivity index (χ1v) is 11.3. The van der Waals surface area contributed by atoms with E-state index in [-0.39, 0.29) is 31.1 Å². The molecule has 1 aromatic carbocycles. The van der Waals surface area contributed by atoms with Gasteiger partial charge in [-0.15, -0.1) is 0 Å². The normalized spacial score (nSPS) is 14.1. The van der Waals surface area contributed by atoms with E-state index in [9.17, 15) is 19.2 Å². The molecular weight excluding hydrogens is 462 g/mol. The van der Waals surface area contributed by atoms with Gasteiger partial charge in [-0.2, -0.15) is 12.6 Å². The van der Waals surface area contributed by atoms with Gasteiger partial charge < -0.3 is 38.3 Å². The Hall–Kier alpha value is -3.32. The largest absolute Gasteiger partial charge is 0.480 e. The Morgan fingerprint density at radius 1 is 1.00 bits per heavy atom. The van der Waals surface area contributed by atoms with Gasteiger partial charge in [0.15, 0.2) is 5.96 Å². The van der Waals surface area contributed by atoms with Crippen LogP contribution in [-0.4, -0.2) is 71.2 Å². The van der Waals surface area contributed by atoms with Gasteiger partial charge in [0.25, 0.3) is 0 Å². The van der Waals surface area contributed by atoms with Gasteiger partial charge in [0.05, 0.1) is 6.04 Å². The molecule has 188 valence electrons. The molecule has 0 aliphatic carbocycles. The number of aliphatic imine (C=N–C) groups is 1. The van der Waals surface area contributed by atoms with Crippen LogP contribution in [0.2, 0.25) is 0 Å². The molecule has 4 atom stereocenters. The fraction of sp³-hybridized carbons (Fsp3) is 0.476. The average molecular weight is 496 g/mol. The summed E-state index contributed by atoms with van der Waals surface area (Å²) in [7, 11) is 0. The molecular formula is C21H33N7O5S. The van der Waals surface area contributed by atoms with Gasteiger partial charge in [-0.25, -0.2) is 4.79 Å². The molecule has 13 heteroatoms. The highest BCUT2D eigenvalue weighted by molar-refractivity contribution is 7.80. The number of carbonyl (C=O) groups excluding carboxylic acids is 3. The van der Waals surface area contributed by atoms with Crippen LogP contribution in [-0.2, 0) is 25.6 Å². The summed E-state index contributed by atoms with van der Waals surface area (Å²) in [6.07, 6.45) is 0.814. The highest BCUT2D eigenvalue weighted by Gasteiger charge is 2.27. The Morgan fingerprint density at radius 3 is 2.18 bits per heavy atom. The van der Waals surface area contributed by atoms with Crippen LogP contribution in [0.1, 0.15) is 25.3 Å². The average Bonchev–Trinajstić information content (AvgIpc) is 2.79. The standard InChI is InChI=1S/C21H33N7O5S/c1-12(17(29)28-16(11-34)20(32)33)26-19(31)15(8-5-9-25-21(23)24)27-18(30)14(22)10-13-6-3-2-4-7-13/h2-4,6-7,12,14-16,34H,5,8-11,22H2,1H3,(H,26,31)(H,27,30)(H,28,29)(H,32,33)(H4,23,24,25). The van der Waals surface area contributed by atoms with Gasteiger partial charge in [0.1, 0.15) is 18.1 Å². The summed E-state index contributed by atoms with van der Waals surface area (Å²) in [6, 6.07) is 4.99. The lowest BCUT2D eigenvalue weighted by atomic mass is 10.0. The zero-order valence-corrected chi connectivity index (χ0v) is 19.8. The number of benzene rings is 1. The van der Waals surface area contributed by atoms with Crippen molar-refractivity contribution in [2.24, 2.45) is 22.2 Å². The summed E-state index contributed by atoms with van der Waals surface area (Å²) < 4.78 is 0. The Balaban J connectivity index is 2.81. The van der Waals surface area contributed by atoms with Crippen LogP contribution >= 0.6 is 12.6 Å². The van der Waals surface area contributed by atoms with Gasteiger partial charge in [0.2, 0.25) is 17.7 Å². The summed E-state index contributed by atoms with van der Waals surface area (Å²) in [6.45, 7) is 1.63. The minimum absolute atomic E-state index is 0.0996. The number of carbonyl (C=O) groups is 4. The molecule has 0 heterocycles. The molecule has 0 spiro atoms. The lowest BCUT2D eigenvalue weighted by molar-refractivity contribution is -0.141. The molecule has 0 saturated carbocycles. The van der Waals surface area contributed by atoms with E-state index in [0.29, 0.717) is 6.42 Å². The molecule has 0 aliphatic rings. The van der Waals surface area contributed by atoms with Crippen LogP contribution in [0.3, 0.4) is 0 Å². The van der Waals surface area contributed by atoms with E-state index in [4.69, 9.17) is 22.3 Å². The van der Waals surface area contributed by atoms with Crippen molar-refractivity contribution in [3.8, 4) is 0 Å². The van der Waals surface area contributed by atoms with Crippen LogP contribution in [0.4, 0.5) is 0 Å². The van der Waals surface area contributed by atoms with Crippen molar-refractivity contribution in [3.63, 3.8) is 0 Å². The smallest absolute Gasteiger partial charge is 0.327 e. The Bertz CT molecular complexity index is 864. The predicted octanol–water partition coefficient (Wildman–Crippen LogP) is -1.90. The molecule has 1 aromatic rings. The molecule has 4 unspecified atom stereocenters. The van der Waals surface area contributed by atoms with E-state index in [2.05, 4.69) is 33.6 Å². The van der Waals surface area contributed by atoms with Crippen molar-refractivity contribution < 1.29 is 24.3 Å². The molecule has 3 amide bonds. The number of hydrogen-bond donors (Lipinski definition) is 8. The summed E-state index contributed by atoms with van der Waals surface area (Å²) >= 11 is 3.88. The van der Waals surface area contributed by atoms with Gasteiger partial charge >= 0.3 is 5.97 Å². The first-order chi connectivity index (χ1) is 16.0. The van der Waals surface area contributed by atoms with Crippen LogP contribution in [0.5, 0.6) is 0 Å². The lowest BCUT2D eigenvalue weighted by Gasteiger charge is -2.23. The highest BCUT2D eigenvalue weighted by Crippen LogP contribution is 2.05. The second kappa shape index (κ2) is 14.8. The second-order valence-electron chi connectivity index (χ2n) is 7.62. The third-order valence-electron chi connectivity index (χ3n) is 4.76. The van der Waals surface area contributed by atoms with Crippen molar-refractivity contribution >= 4 is 42.3 Å². The topological polar surface area (TPSA) is 215 Å². The van der Waals surface area contributed by atoms with Crippen molar-refractivity contribution in [2.75, 3.05) is 12.3 Å². The number of amides is 3. The number of carboxylic acid groups (broad SMARTS) is 1. The molecule has 0 aliphatic heterocycles. The predicted molar refractivity (Wildman–Crippen MR) is 131 cm³/mol. The van der Waals surface area contributed by atoms with E-state index < -0.39 is 47.9 Å². The number of guanidine groups is 1. The lowest BCUT2D eigenvalue weighted by Crippen LogP contribution is -2.56. The maximum atomic E-state index is 12.8. The molecule has 0 aromatic heterocycles. The summed E-state index contributed by atoms with van der Waals surface area (Å²) in [5.41, 5.74) is 17.5. The summed E-state index contributed by atoms with van der Waals surface area (Å²) in [5.74, 6) is -3.35. The number of nitrogens with two attached hydrogens (primary N) is 3. The van der Waals surface area contributed by atoms with Gasteiger partial charge in [0, 0.05) is 12.3 Å². The molecule has 1 rings (SSSR count). The molecule has 12 nitrogen and oxygen atoms in total. The van der Waals surface area contributed by atoms with Crippen molar-refractivity contribution in [2.45, 2.75) is 50.4 Å². The van der Waals surface area contributed by atoms with Crippen LogP contribution in [0.15, 0.2) is 35.3 Å². The molecule has 0 bridgehead atoms. The van der Waals surface area contributed by atoms with Gasteiger partial charge in [-0.1, -0.05) is 30.3 Å². The number of rotatable bonds is 14. The third-order valence-corrected chi connectivity index (χ3v) is 5.13. The summed E-state index contributed by atoms with van der Waals surface area (Å²) in [4.78, 5) is 52.7. The third kappa shape index (κ3) is 10.5. The molecule has 0 fully saturated rings. The summed E-state index contributed by atoms with van der Waals surface area (Å²) in [5, 5.41) is 16.4. The fourth-order valence-corrected chi connectivity index (χ4v) is 3.12. The molecule has 34 heavy (non-hydrogen) atoms. The second-order valence-corrected chi connectivity index (χ2v) is 7.98. The van der Waals surface area contributed by atoms with E-state index in [1.807, 2.05) is 30.3 Å². The number of thiol groups is 1. The van der Waals surface area contributed by atoms with E-state index in [0.717, 1.165) is 5.56 Å².